The Hall–Kier alpha value is -4.07. The van der Waals surface area contributed by atoms with Crippen molar-refractivity contribution in [1.29, 1.82) is 0 Å². The summed E-state index contributed by atoms with van der Waals surface area (Å²) in [4.78, 5) is 38.9. The number of ether oxygens (including phenoxy) is 1. The lowest BCUT2D eigenvalue weighted by Crippen LogP contribution is -2.40. The van der Waals surface area contributed by atoms with Crippen LogP contribution in [0.1, 0.15) is 50.5 Å². The van der Waals surface area contributed by atoms with Gasteiger partial charge in [0, 0.05) is 11.6 Å². The van der Waals surface area contributed by atoms with Gasteiger partial charge in [0.2, 0.25) is 0 Å². The topological polar surface area (TPSA) is 141 Å². The maximum Gasteiger partial charge on any atom is 0.178 e. The number of phenols is 3. The Balaban J connectivity index is 2.07. The van der Waals surface area contributed by atoms with Crippen LogP contribution in [0.15, 0.2) is 41.7 Å². The molecule has 0 saturated heterocycles. The molecule has 0 spiro atoms. The molecule has 2 aliphatic rings. The lowest BCUT2D eigenvalue weighted by atomic mass is 9.65. The van der Waals surface area contributed by atoms with Crippen LogP contribution in [0.4, 0.5) is 0 Å². The molecule has 0 fully saturated rings. The van der Waals surface area contributed by atoms with Crippen LogP contribution in [0, 0.1) is 11.8 Å². The van der Waals surface area contributed by atoms with Crippen molar-refractivity contribution in [2.45, 2.75) is 13.8 Å². The molecule has 32 heavy (non-hydrogen) atoms. The van der Waals surface area contributed by atoms with Crippen molar-refractivity contribution >= 4 is 22.9 Å². The molecule has 4 rings (SSSR count). The number of ketones is 3. The van der Waals surface area contributed by atoms with E-state index in [2.05, 4.69) is 0 Å². The summed E-state index contributed by atoms with van der Waals surface area (Å²) in [7, 11) is 1.29. The minimum Gasteiger partial charge on any atom is -0.511 e. The molecule has 0 radical (unpaired) electrons. The molecule has 164 valence electrons. The normalized spacial score (nSPS) is 19.9. The van der Waals surface area contributed by atoms with E-state index in [4.69, 9.17) is 4.74 Å². The zero-order chi connectivity index (χ0) is 23.5. The molecule has 0 amide bonds. The zero-order valence-electron chi connectivity index (χ0n) is 17.5. The molecule has 0 aliphatic heterocycles. The van der Waals surface area contributed by atoms with Crippen LogP contribution < -0.4 is 4.74 Å². The summed E-state index contributed by atoms with van der Waals surface area (Å²) in [6, 6.07) is 5.27. The molecule has 2 atom stereocenters. The molecule has 8 heteroatoms. The Kier molecular flexibility index (Phi) is 4.81. The van der Waals surface area contributed by atoms with Gasteiger partial charge in [-0.25, -0.2) is 0 Å². The average Bonchev–Trinajstić information content (AvgIpc) is 2.71. The first-order valence-corrected chi connectivity index (χ1v) is 9.76. The van der Waals surface area contributed by atoms with E-state index in [1.165, 1.54) is 31.4 Å². The Morgan fingerprint density at radius 1 is 0.969 bits per heavy atom. The van der Waals surface area contributed by atoms with Crippen LogP contribution in [-0.4, -0.2) is 44.9 Å². The number of methoxy groups -OCH3 is 1. The first-order chi connectivity index (χ1) is 15.1. The highest BCUT2D eigenvalue weighted by molar-refractivity contribution is 6.22. The highest BCUT2D eigenvalue weighted by Gasteiger charge is 2.49. The summed E-state index contributed by atoms with van der Waals surface area (Å²) >= 11 is 0. The standard InChI is InChI=1S/C24H20O8/c1-9-7-13(27)19-21(22(29)11-5-4-6-12(26)18(11)24(19)31)16(9)20-15(32-3)8-14(28)17(10(2)25)23(20)30/h4-8,19,21,26-28,30H,1-3H3. The van der Waals surface area contributed by atoms with Crippen LogP contribution in [0.5, 0.6) is 23.0 Å². The minimum atomic E-state index is -1.33. The van der Waals surface area contributed by atoms with Crippen molar-refractivity contribution < 1.29 is 39.5 Å². The molecule has 0 aromatic heterocycles. The largest absolute Gasteiger partial charge is 0.511 e. The fourth-order valence-electron chi connectivity index (χ4n) is 4.62. The number of carbonyl (C=O) groups excluding carboxylic acids is 3. The van der Waals surface area contributed by atoms with Gasteiger partial charge in [-0.3, -0.25) is 14.4 Å². The number of hydrogen-bond donors (Lipinski definition) is 4. The van der Waals surface area contributed by atoms with E-state index in [0.29, 0.717) is 5.57 Å². The molecule has 0 bridgehead atoms. The quantitative estimate of drug-likeness (QED) is 0.535. The predicted octanol–water partition coefficient (Wildman–Crippen LogP) is 3.56. The van der Waals surface area contributed by atoms with Gasteiger partial charge in [0.1, 0.15) is 34.3 Å². The number of carbonyl (C=O) groups is 3. The number of aliphatic hydroxyl groups is 1. The Morgan fingerprint density at radius 3 is 2.28 bits per heavy atom. The number of aliphatic hydroxyl groups excluding tert-OH is 1. The third-order valence-corrected chi connectivity index (χ3v) is 5.96. The van der Waals surface area contributed by atoms with Crippen molar-refractivity contribution in [3.63, 3.8) is 0 Å². The third-order valence-electron chi connectivity index (χ3n) is 5.96. The number of hydrogen-bond acceptors (Lipinski definition) is 8. The number of allylic oxidation sites excluding steroid dienone is 4. The summed E-state index contributed by atoms with van der Waals surface area (Å²) in [6.07, 6.45) is 1.30. The molecule has 2 aromatic rings. The second-order valence-electron chi connectivity index (χ2n) is 7.80. The molecule has 2 aromatic carbocycles. The second kappa shape index (κ2) is 7.26. The van der Waals surface area contributed by atoms with Gasteiger partial charge in [0.05, 0.1) is 30.1 Å². The SMILES string of the molecule is COc1cc(O)c(C(C)=O)c(O)c1C1=C(C)C=C(O)C2C(=O)c3c(O)cccc3C(=O)C12. The maximum atomic E-state index is 13.5. The lowest BCUT2D eigenvalue weighted by Gasteiger charge is -2.36. The lowest BCUT2D eigenvalue weighted by molar-refractivity contribution is 0.0762. The number of aromatic hydroxyl groups is 3. The molecule has 2 aliphatic carbocycles. The molecular formula is C24H20O8. The van der Waals surface area contributed by atoms with Gasteiger partial charge in [-0.15, -0.1) is 0 Å². The molecule has 0 heterocycles. The van der Waals surface area contributed by atoms with Gasteiger partial charge in [0.25, 0.3) is 0 Å². The fourth-order valence-corrected chi connectivity index (χ4v) is 4.62. The van der Waals surface area contributed by atoms with Crippen LogP contribution in [0.25, 0.3) is 5.57 Å². The van der Waals surface area contributed by atoms with E-state index in [-0.39, 0.29) is 45.1 Å². The second-order valence-corrected chi connectivity index (χ2v) is 7.80. The zero-order valence-corrected chi connectivity index (χ0v) is 17.5. The van der Waals surface area contributed by atoms with Gasteiger partial charge in [-0.1, -0.05) is 12.1 Å². The number of phenolic OH excluding ortho intramolecular Hbond substituents is 3. The third kappa shape index (κ3) is 2.80. The maximum absolute atomic E-state index is 13.5. The van der Waals surface area contributed by atoms with Gasteiger partial charge in [0.15, 0.2) is 17.3 Å². The molecule has 4 N–H and O–H groups in total. The molecule has 8 nitrogen and oxygen atoms in total. The van der Waals surface area contributed by atoms with E-state index >= 15 is 0 Å². The molecule has 0 saturated carbocycles. The summed E-state index contributed by atoms with van der Waals surface area (Å²) in [5.41, 5.74) is -0.0379. The van der Waals surface area contributed by atoms with Crippen LogP contribution in [0.3, 0.4) is 0 Å². The van der Waals surface area contributed by atoms with Crippen molar-refractivity contribution in [2.24, 2.45) is 11.8 Å². The molecule has 2 unspecified atom stereocenters. The van der Waals surface area contributed by atoms with Crippen LogP contribution in [0.2, 0.25) is 0 Å². The van der Waals surface area contributed by atoms with Gasteiger partial charge in [-0.2, -0.15) is 0 Å². The predicted molar refractivity (Wildman–Crippen MR) is 113 cm³/mol. The summed E-state index contributed by atoms with van der Waals surface area (Å²) < 4.78 is 5.32. The number of benzene rings is 2. The Morgan fingerprint density at radius 2 is 1.66 bits per heavy atom. The smallest absolute Gasteiger partial charge is 0.178 e. The summed E-state index contributed by atoms with van der Waals surface area (Å²) in [6.45, 7) is 2.74. The van der Waals surface area contributed by atoms with Gasteiger partial charge >= 0.3 is 0 Å². The van der Waals surface area contributed by atoms with Crippen LogP contribution in [-0.2, 0) is 0 Å². The van der Waals surface area contributed by atoms with Gasteiger partial charge < -0.3 is 25.2 Å². The number of fused-ring (bicyclic) bond motifs is 2. The average molecular weight is 436 g/mol. The van der Waals surface area contributed by atoms with E-state index < -0.39 is 40.7 Å². The molecular weight excluding hydrogens is 416 g/mol. The van der Waals surface area contributed by atoms with Crippen molar-refractivity contribution in [3.8, 4) is 23.0 Å². The highest BCUT2D eigenvalue weighted by Crippen LogP contribution is 2.52. The fraction of sp³-hybridized carbons (Fsp3) is 0.208. The van der Waals surface area contributed by atoms with Crippen molar-refractivity contribution in [2.75, 3.05) is 7.11 Å². The number of rotatable bonds is 3. The summed E-state index contributed by atoms with van der Waals surface area (Å²) in [5.74, 6) is -6.23. The Bertz CT molecular complexity index is 1280. The van der Waals surface area contributed by atoms with Crippen molar-refractivity contribution in [1.82, 2.24) is 0 Å². The first-order valence-electron chi connectivity index (χ1n) is 9.76. The summed E-state index contributed by atoms with van der Waals surface area (Å²) in [5, 5.41) is 42.0. The van der Waals surface area contributed by atoms with E-state index in [0.717, 1.165) is 13.0 Å². The number of Topliss-reactive ketones (excluding diaryl/α,β-unsaturated/α-hetero) is 3. The van der Waals surface area contributed by atoms with Crippen molar-refractivity contribution in [3.05, 3.63) is 63.9 Å². The van der Waals surface area contributed by atoms with E-state index in [9.17, 15) is 34.8 Å². The van der Waals surface area contributed by atoms with Gasteiger partial charge in [-0.05, 0) is 37.1 Å². The Labute approximate surface area is 182 Å². The van der Waals surface area contributed by atoms with Crippen LogP contribution >= 0.6 is 0 Å². The monoisotopic (exact) mass is 436 g/mol. The first kappa shape index (κ1) is 21.2. The minimum absolute atomic E-state index is 0.0136. The van der Waals surface area contributed by atoms with E-state index in [1.54, 1.807) is 6.92 Å². The highest BCUT2D eigenvalue weighted by atomic mass is 16.5. The van der Waals surface area contributed by atoms with E-state index in [1.807, 2.05) is 0 Å².